The number of halogens is 3. The number of aliphatic hydroxyl groups excluding tert-OH is 1. The molecule has 0 saturated carbocycles. The molecule has 0 unspecified atom stereocenters. The maximum absolute atomic E-state index is 13.5. The molecule has 112 valence electrons. The standard InChI is InChI=1S/C13H10BrF2NO3S/c14-9-6-8(7-18)4-5-12(9)21(19,20)17-11-3-1-2-10(15)13(11)16/h1-6,17-18H,7H2. The minimum Gasteiger partial charge on any atom is -0.392 e. The molecule has 0 aromatic heterocycles. The van der Waals surface area contributed by atoms with Gasteiger partial charge < -0.3 is 5.11 Å². The second-order valence-corrected chi connectivity index (χ2v) is 6.63. The molecule has 0 aliphatic rings. The normalized spacial score (nSPS) is 11.4. The Morgan fingerprint density at radius 2 is 1.90 bits per heavy atom. The van der Waals surface area contributed by atoms with Gasteiger partial charge in [0.15, 0.2) is 11.6 Å². The van der Waals surface area contributed by atoms with Crippen LogP contribution in [0.4, 0.5) is 14.5 Å². The van der Waals surface area contributed by atoms with Gasteiger partial charge in [0.2, 0.25) is 0 Å². The predicted octanol–water partition coefficient (Wildman–Crippen LogP) is 3.02. The smallest absolute Gasteiger partial charge is 0.263 e. The molecule has 0 spiro atoms. The zero-order valence-corrected chi connectivity index (χ0v) is 12.9. The SMILES string of the molecule is O=S(=O)(Nc1cccc(F)c1F)c1ccc(CO)cc1Br. The fourth-order valence-electron chi connectivity index (χ4n) is 1.64. The van der Waals surface area contributed by atoms with Crippen molar-refractivity contribution in [1.29, 1.82) is 0 Å². The zero-order chi connectivity index (χ0) is 15.6. The van der Waals surface area contributed by atoms with Crippen LogP contribution in [0.2, 0.25) is 0 Å². The van der Waals surface area contributed by atoms with E-state index in [0.717, 1.165) is 12.1 Å². The Balaban J connectivity index is 2.41. The van der Waals surface area contributed by atoms with Crippen molar-refractivity contribution in [2.75, 3.05) is 4.72 Å². The Kier molecular flexibility index (Phi) is 4.60. The number of aliphatic hydroxyl groups is 1. The third kappa shape index (κ3) is 3.39. The Hall–Kier alpha value is -1.51. The highest BCUT2D eigenvalue weighted by Gasteiger charge is 2.20. The Labute approximate surface area is 128 Å². The summed E-state index contributed by atoms with van der Waals surface area (Å²) in [7, 11) is -4.09. The number of hydrogen-bond donors (Lipinski definition) is 2. The zero-order valence-electron chi connectivity index (χ0n) is 10.5. The first-order chi connectivity index (χ1) is 9.85. The molecular formula is C13H10BrF2NO3S. The highest BCUT2D eigenvalue weighted by molar-refractivity contribution is 9.10. The van der Waals surface area contributed by atoms with Crippen LogP contribution >= 0.6 is 15.9 Å². The molecular weight excluding hydrogens is 368 g/mol. The second-order valence-electron chi connectivity index (χ2n) is 4.13. The maximum atomic E-state index is 13.5. The van der Waals surface area contributed by atoms with E-state index >= 15 is 0 Å². The molecule has 0 aliphatic carbocycles. The number of anilines is 1. The van der Waals surface area contributed by atoms with Crippen LogP contribution < -0.4 is 4.72 Å². The molecule has 0 fully saturated rings. The number of benzene rings is 2. The van der Waals surface area contributed by atoms with Gasteiger partial charge in [-0.05, 0) is 45.8 Å². The summed E-state index contributed by atoms with van der Waals surface area (Å²) < 4.78 is 53.2. The summed E-state index contributed by atoms with van der Waals surface area (Å²) in [5.74, 6) is -2.42. The van der Waals surface area contributed by atoms with Crippen molar-refractivity contribution in [3.8, 4) is 0 Å². The maximum Gasteiger partial charge on any atom is 0.263 e. The first-order valence-corrected chi connectivity index (χ1v) is 7.99. The van der Waals surface area contributed by atoms with E-state index in [2.05, 4.69) is 15.9 Å². The van der Waals surface area contributed by atoms with Gasteiger partial charge in [-0.1, -0.05) is 12.1 Å². The summed E-state index contributed by atoms with van der Waals surface area (Å²) in [6.45, 7) is -0.245. The van der Waals surface area contributed by atoms with E-state index in [-0.39, 0.29) is 16.0 Å². The molecule has 0 amide bonds. The first-order valence-electron chi connectivity index (χ1n) is 5.71. The molecule has 0 radical (unpaired) electrons. The lowest BCUT2D eigenvalue weighted by Crippen LogP contribution is -2.15. The molecule has 0 atom stereocenters. The van der Waals surface area contributed by atoms with Crippen molar-refractivity contribution in [2.45, 2.75) is 11.5 Å². The average molecular weight is 378 g/mol. The van der Waals surface area contributed by atoms with Crippen LogP contribution in [0.5, 0.6) is 0 Å². The van der Waals surface area contributed by atoms with E-state index in [1.165, 1.54) is 24.3 Å². The van der Waals surface area contributed by atoms with E-state index in [0.29, 0.717) is 5.56 Å². The molecule has 2 rings (SSSR count). The molecule has 8 heteroatoms. The van der Waals surface area contributed by atoms with Gasteiger partial charge >= 0.3 is 0 Å². The van der Waals surface area contributed by atoms with Crippen molar-refractivity contribution in [1.82, 2.24) is 0 Å². The Morgan fingerprint density at radius 3 is 2.52 bits per heavy atom. The van der Waals surface area contributed by atoms with Gasteiger partial charge in [-0.15, -0.1) is 0 Å². The molecule has 2 aromatic rings. The molecule has 2 N–H and O–H groups in total. The van der Waals surface area contributed by atoms with Crippen LogP contribution in [-0.2, 0) is 16.6 Å². The molecule has 0 aliphatic heterocycles. The van der Waals surface area contributed by atoms with Gasteiger partial charge in [0, 0.05) is 4.47 Å². The molecule has 21 heavy (non-hydrogen) atoms. The lowest BCUT2D eigenvalue weighted by atomic mass is 10.2. The summed E-state index contributed by atoms with van der Waals surface area (Å²) in [5.41, 5.74) is 0.0332. The van der Waals surface area contributed by atoms with Crippen LogP contribution in [0.15, 0.2) is 45.8 Å². The summed E-state index contributed by atoms with van der Waals surface area (Å²) >= 11 is 3.07. The van der Waals surface area contributed by atoms with Crippen LogP contribution in [0.1, 0.15) is 5.56 Å². The van der Waals surface area contributed by atoms with E-state index in [9.17, 15) is 17.2 Å². The summed E-state index contributed by atoms with van der Waals surface area (Å²) in [6.07, 6.45) is 0. The van der Waals surface area contributed by atoms with Gasteiger partial charge in [0.25, 0.3) is 10.0 Å². The first kappa shape index (κ1) is 15.9. The summed E-state index contributed by atoms with van der Waals surface area (Å²) in [4.78, 5) is -0.150. The topological polar surface area (TPSA) is 66.4 Å². The van der Waals surface area contributed by atoms with Gasteiger partial charge in [-0.3, -0.25) is 4.72 Å². The van der Waals surface area contributed by atoms with Crippen LogP contribution in [0, 0.1) is 11.6 Å². The predicted molar refractivity (Wildman–Crippen MR) is 77.2 cm³/mol. The van der Waals surface area contributed by atoms with Crippen LogP contribution in [0.3, 0.4) is 0 Å². The second kappa shape index (κ2) is 6.08. The number of nitrogens with one attached hydrogen (secondary N) is 1. The Morgan fingerprint density at radius 1 is 1.19 bits per heavy atom. The quantitative estimate of drug-likeness (QED) is 0.860. The minimum absolute atomic E-state index is 0.150. The summed E-state index contributed by atoms with van der Waals surface area (Å²) in [5, 5.41) is 8.98. The molecule has 0 bridgehead atoms. The van der Waals surface area contributed by atoms with Crippen molar-refractivity contribution < 1.29 is 22.3 Å². The van der Waals surface area contributed by atoms with Crippen molar-refractivity contribution in [3.63, 3.8) is 0 Å². The van der Waals surface area contributed by atoms with Crippen molar-refractivity contribution >= 4 is 31.6 Å². The largest absolute Gasteiger partial charge is 0.392 e. The van der Waals surface area contributed by atoms with Gasteiger partial charge in [-0.2, -0.15) is 0 Å². The van der Waals surface area contributed by atoms with Crippen molar-refractivity contribution in [2.24, 2.45) is 0 Å². The number of sulfonamides is 1. The number of hydrogen-bond acceptors (Lipinski definition) is 3. The fraction of sp³-hybridized carbons (Fsp3) is 0.0769. The highest BCUT2D eigenvalue weighted by Crippen LogP contribution is 2.26. The molecule has 0 saturated heterocycles. The fourth-order valence-corrected chi connectivity index (χ4v) is 3.83. The third-order valence-corrected chi connectivity index (χ3v) is 5.01. The minimum atomic E-state index is -4.09. The lowest BCUT2D eigenvalue weighted by molar-refractivity contribution is 0.281. The van der Waals surface area contributed by atoms with E-state index in [1.807, 2.05) is 4.72 Å². The van der Waals surface area contributed by atoms with Crippen LogP contribution in [-0.4, -0.2) is 13.5 Å². The molecule has 2 aromatic carbocycles. The van der Waals surface area contributed by atoms with E-state index < -0.39 is 27.3 Å². The molecule has 4 nitrogen and oxygen atoms in total. The summed E-state index contributed by atoms with van der Waals surface area (Å²) in [6, 6.07) is 7.30. The Bertz CT molecular complexity index is 781. The van der Waals surface area contributed by atoms with Gasteiger partial charge in [-0.25, -0.2) is 17.2 Å². The number of rotatable bonds is 4. The monoisotopic (exact) mass is 377 g/mol. The highest BCUT2D eigenvalue weighted by atomic mass is 79.9. The van der Waals surface area contributed by atoms with Crippen molar-refractivity contribution in [3.05, 3.63) is 58.1 Å². The third-order valence-electron chi connectivity index (χ3n) is 2.66. The lowest BCUT2D eigenvalue weighted by Gasteiger charge is -2.11. The van der Waals surface area contributed by atoms with Crippen LogP contribution in [0.25, 0.3) is 0 Å². The van der Waals surface area contributed by atoms with E-state index in [1.54, 1.807) is 0 Å². The van der Waals surface area contributed by atoms with Gasteiger partial charge in [0.1, 0.15) is 4.90 Å². The average Bonchev–Trinajstić information content (AvgIpc) is 2.43. The molecule has 0 heterocycles. The van der Waals surface area contributed by atoms with E-state index in [4.69, 9.17) is 5.11 Å². The van der Waals surface area contributed by atoms with Gasteiger partial charge in [0.05, 0.1) is 12.3 Å².